The van der Waals surface area contributed by atoms with Crippen LogP contribution in [0.4, 0.5) is 5.82 Å². The molecule has 0 aliphatic heterocycles. The number of nitrogens with zero attached hydrogens (tertiary/aromatic N) is 5. The van der Waals surface area contributed by atoms with E-state index in [-0.39, 0.29) is 12.5 Å². The van der Waals surface area contributed by atoms with Crippen LogP contribution in [-0.4, -0.2) is 43.1 Å². The molecule has 0 saturated heterocycles. The van der Waals surface area contributed by atoms with E-state index in [1.165, 1.54) is 4.57 Å². The molecule has 4 rings (SSSR count). The standard InChI is InChI=1S/C20H21N7O3/c1-13-24-17(11-18(25-13)26-10-9-21-14(26)2)22-7-8-23-19(28)12-27-15-5-3-4-6-16(15)30-20(27)29/h3-6,9-11H,7-8,12H2,1-2H3,(H,23,28)(H,22,24,25). The zero-order valence-electron chi connectivity index (χ0n) is 16.6. The van der Waals surface area contributed by atoms with Crippen LogP contribution in [0.1, 0.15) is 11.6 Å². The number of hydrogen-bond acceptors (Lipinski definition) is 7. The molecule has 0 aliphatic rings. The molecule has 0 unspecified atom stereocenters. The molecule has 1 aromatic carbocycles. The molecule has 0 bridgehead atoms. The van der Waals surface area contributed by atoms with Crippen LogP contribution in [0.3, 0.4) is 0 Å². The molecule has 10 nitrogen and oxygen atoms in total. The molecule has 3 aromatic heterocycles. The maximum atomic E-state index is 12.2. The molecule has 2 N–H and O–H groups in total. The second-order valence-corrected chi connectivity index (χ2v) is 6.70. The van der Waals surface area contributed by atoms with Gasteiger partial charge in [0.25, 0.3) is 0 Å². The Balaban J connectivity index is 1.33. The smallest absolute Gasteiger partial charge is 0.408 e. The molecule has 0 spiro atoms. The molecule has 154 valence electrons. The highest BCUT2D eigenvalue weighted by Gasteiger charge is 2.12. The Labute approximate surface area is 171 Å². The number of oxazole rings is 1. The topological polar surface area (TPSA) is 120 Å². The van der Waals surface area contributed by atoms with Gasteiger partial charge in [0.05, 0.1) is 5.52 Å². The highest BCUT2D eigenvalue weighted by Crippen LogP contribution is 2.13. The Kier molecular flexibility index (Phi) is 5.29. The van der Waals surface area contributed by atoms with Crippen molar-refractivity contribution in [2.24, 2.45) is 0 Å². The predicted octanol–water partition coefficient (Wildman–Crippen LogP) is 1.42. The van der Waals surface area contributed by atoms with E-state index < -0.39 is 5.76 Å². The number of amides is 1. The molecule has 30 heavy (non-hydrogen) atoms. The summed E-state index contributed by atoms with van der Waals surface area (Å²) in [6.07, 6.45) is 3.55. The molecule has 0 saturated carbocycles. The summed E-state index contributed by atoms with van der Waals surface area (Å²) in [6, 6.07) is 8.82. The second kappa shape index (κ2) is 8.19. The van der Waals surface area contributed by atoms with Crippen molar-refractivity contribution in [2.75, 3.05) is 18.4 Å². The fraction of sp³-hybridized carbons (Fsp3) is 0.250. The van der Waals surface area contributed by atoms with Crippen LogP contribution >= 0.6 is 0 Å². The number of anilines is 1. The first-order valence-electron chi connectivity index (χ1n) is 9.46. The fourth-order valence-corrected chi connectivity index (χ4v) is 3.14. The van der Waals surface area contributed by atoms with Gasteiger partial charge in [-0.3, -0.25) is 13.9 Å². The van der Waals surface area contributed by atoms with Crippen LogP contribution in [0.5, 0.6) is 0 Å². The lowest BCUT2D eigenvalue weighted by Gasteiger charge is -2.10. The number of para-hydroxylation sites is 2. The summed E-state index contributed by atoms with van der Waals surface area (Å²) in [4.78, 5) is 37.2. The van der Waals surface area contributed by atoms with E-state index in [1.54, 1.807) is 30.5 Å². The molecule has 0 aliphatic carbocycles. The molecular formula is C20H21N7O3. The summed E-state index contributed by atoms with van der Waals surface area (Å²) < 4.78 is 8.32. The molecule has 0 fully saturated rings. The summed E-state index contributed by atoms with van der Waals surface area (Å²) in [6.45, 7) is 4.44. The van der Waals surface area contributed by atoms with Crippen LogP contribution in [-0.2, 0) is 11.3 Å². The SMILES string of the molecule is Cc1nc(NCCNC(=O)Cn2c(=O)oc3ccccc32)cc(-n2ccnc2C)n1. The third-order valence-electron chi connectivity index (χ3n) is 4.53. The quantitative estimate of drug-likeness (QED) is 0.445. The lowest BCUT2D eigenvalue weighted by molar-refractivity contribution is -0.121. The van der Waals surface area contributed by atoms with Crippen molar-refractivity contribution >= 4 is 22.8 Å². The van der Waals surface area contributed by atoms with Gasteiger partial charge in [-0.15, -0.1) is 0 Å². The Morgan fingerprint density at radius 3 is 2.80 bits per heavy atom. The van der Waals surface area contributed by atoms with Crippen LogP contribution in [0.25, 0.3) is 16.9 Å². The van der Waals surface area contributed by atoms with Gasteiger partial charge in [0, 0.05) is 31.5 Å². The minimum Gasteiger partial charge on any atom is -0.408 e. The Hall–Kier alpha value is -3.95. The number of aromatic nitrogens is 5. The van der Waals surface area contributed by atoms with E-state index >= 15 is 0 Å². The average molecular weight is 407 g/mol. The number of hydrogen-bond donors (Lipinski definition) is 2. The van der Waals surface area contributed by atoms with Gasteiger partial charge in [-0.25, -0.2) is 19.7 Å². The van der Waals surface area contributed by atoms with Gasteiger partial charge in [-0.2, -0.15) is 0 Å². The molecular weight excluding hydrogens is 386 g/mol. The molecule has 10 heteroatoms. The number of benzene rings is 1. The monoisotopic (exact) mass is 407 g/mol. The normalized spacial score (nSPS) is 11.0. The van der Waals surface area contributed by atoms with Crippen molar-refractivity contribution in [1.29, 1.82) is 0 Å². The largest absolute Gasteiger partial charge is 0.420 e. The zero-order valence-corrected chi connectivity index (χ0v) is 16.6. The van der Waals surface area contributed by atoms with Gasteiger partial charge in [0.15, 0.2) is 5.58 Å². The molecule has 0 radical (unpaired) electrons. The Bertz CT molecular complexity index is 1250. The van der Waals surface area contributed by atoms with Crippen LogP contribution in [0, 0.1) is 13.8 Å². The first-order valence-corrected chi connectivity index (χ1v) is 9.46. The molecule has 0 atom stereocenters. The average Bonchev–Trinajstić information content (AvgIpc) is 3.28. The third-order valence-corrected chi connectivity index (χ3v) is 4.53. The van der Waals surface area contributed by atoms with Crippen molar-refractivity contribution in [2.45, 2.75) is 20.4 Å². The predicted molar refractivity (Wildman–Crippen MR) is 111 cm³/mol. The van der Waals surface area contributed by atoms with E-state index in [0.717, 1.165) is 11.6 Å². The summed E-state index contributed by atoms with van der Waals surface area (Å²) in [5.41, 5.74) is 1.05. The number of aryl methyl sites for hydroxylation is 2. The summed E-state index contributed by atoms with van der Waals surface area (Å²) in [5.74, 6) is 1.99. The molecule has 3 heterocycles. The number of nitrogens with one attached hydrogen (secondary N) is 2. The first kappa shape index (κ1) is 19.4. The summed E-state index contributed by atoms with van der Waals surface area (Å²) >= 11 is 0. The first-order chi connectivity index (χ1) is 14.5. The molecule has 1 amide bonds. The number of carbonyl (C=O) groups excluding carboxylic acids is 1. The van der Waals surface area contributed by atoms with Crippen molar-refractivity contribution in [3.8, 4) is 5.82 Å². The summed E-state index contributed by atoms with van der Waals surface area (Å²) in [7, 11) is 0. The van der Waals surface area contributed by atoms with E-state index in [4.69, 9.17) is 4.42 Å². The van der Waals surface area contributed by atoms with Gasteiger partial charge < -0.3 is 15.1 Å². The van der Waals surface area contributed by atoms with Crippen molar-refractivity contribution in [3.05, 3.63) is 64.9 Å². The van der Waals surface area contributed by atoms with E-state index in [1.807, 2.05) is 30.7 Å². The van der Waals surface area contributed by atoms with Gasteiger partial charge in [0.1, 0.15) is 29.8 Å². The van der Waals surface area contributed by atoms with Gasteiger partial charge in [-0.05, 0) is 26.0 Å². The lowest BCUT2D eigenvalue weighted by Crippen LogP contribution is -2.33. The minimum atomic E-state index is -0.553. The van der Waals surface area contributed by atoms with E-state index in [2.05, 4.69) is 25.6 Å². The van der Waals surface area contributed by atoms with Crippen molar-refractivity contribution in [3.63, 3.8) is 0 Å². The Morgan fingerprint density at radius 2 is 2.00 bits per heavy atom. The summed E-state index contributed by atoms with van der Waals surface area (Å²) in [5, 5.41) is 5.96. The highest BCUT2D eigenvalue weighted by molar-refractivity contribution is 5.79. The highest BCUT2D eigenvalue weighted by atomic mass is 16.4. The maximum absolute atomic E-state index is 12.2. The maximum Gasteiger partial charge on any atom is 0.420 e. The van der Waals surface area contributed by atoms with Gasteiger partial charge in [0.2, 0.25) is 5.91 Å². The van der Waals surface area contributed by atoms with Crippen LogP contribution < -0.4 is 16.4 Å². The van der Waals surface area contributed by atoms with E-state index in [9.17, 15) is 9.59 Å². The minimum absolute atomic E-state index is 0.105. The number of rotatable bonds is 7. The Morgan fingerprint density at radius 1 is 1.17 bits per heavy atom. The fourth-order valence-electron chi connectivity index (χ4n) is 3.14. The van der Waals surface area contributed by atoms with Gasteiger partial charge in [-0.1, -0.05) is 12.1 Å². The zero-order chi connectivity index (χ0) is 21.1. The van der Waals surface area contributed by atoms with Gasteiger partial charge >= 0.3 is 5.76 Å². The van der Waals surface area contributed by atoms with E-state index in [0.29, 0.717) is 35.8 Å². The molecule has 4 aromatic rings. The van der Waals surface area contributed by atoms with Crippen molar-refractivity contribution in [1.82, 2.24) is 29.4 Å². The number of imidazole rings is 1. The van der Waals surface area contributed by atoms with Crippen LogP contribution in [0.15, 0.2) is 51.9 Å². The second-order valence-electron chi connectivity index (χ2n) is 6.70. The van der Waals surface area contributed by atoms with Crippen LogP contribution in [0.2, 0.25) is 0 Å². The number of fused-ring (bicyclic) bond motifs is 1. The van der Waals surface area contributed by atoms with Crippen molar-refractivity contribution < 1.29 is 9.21 Å². The number of carbonyl (C=O) groups is 1. The lowest BCUT2D eigenvalue weighted by atomic mass is 10.3. The third kappa shape index (κ3) is 4.07.